The number of ether oxygens (including phenoxy) is 1. The summed E-state index contributed by atoms with van der Waals surface area (Å²) in [5.41, 5.74) is 0.826. The number of carbonyl (C=O) groups is 2. The number of aryl methyl sites for hydroxylation is 1. The van der Waals surface area contributed by atoms with Gasteiger partial charge in [0.25, 0.3) is 0 Å². The Morgan fingerprint density at radius 3 is 2.38 bits per heavy atom. The highest BCUT2D eigenvalue weighted by Crippen LogP contribution is 2.38. The Bertz CT molecular complexity index is 1290. The van der Waals surface area contributed by atoms with Crippen molar-refractivity contribution < 1.29 is 27.3 Å². The fourth-order valence-corrected chi connectivity index (χ4v) is 5.75. The topological polar surface area (TPSA) is 107 Å². The standard InChI is InChI=1S/C25H26N2O6S/c1-18-15-22(33-26-18)17-32-24(29)25(21-8-4-3-5-9-21)11-13-27(14-12-25)34(30,31)23-10-6-7-20(16-23)19(2)28/h3-10,15-16H,11-14,17H2,1-2H3. The monoisotopic (exact) mass is 482 g/mol. The Hall–Kier alpha value is -3.30. The third-order valence-corrected chi connectivity index (χ3v) is 8.09. The molecule has 1 aliphatic heterocycles. The zero-order valence-corrected chi connectivity index (χ0v) is 19.9. The molecule has 0 atom stereocenters. The lowest BCUT2D eigenvalue weighted by Gasteiger charge is -2.39. The Labute approximate surface area is 198 Å². The summed E-state index contributed by atoms with van der Waals surface area (Å²) < 4.78 is 38.7. The number of piperidine rings is 1. The van der Waals surface area contributed by atoms with Crippen molar-refractivity contribution in [3.05, 3.63) is 83.2 Å². The first-order valence-corrected chi connectivity index (χ1v) is 12.4. The van der Waals surface area contributed by atoms with Gasteiger partial charge >= 0.3 is 5.97 Å². The summed E-state index contributed by atoms with van der Waals surface area (Å²) in [5.74, 6) is -0.189. The molecule has 0 spiro atoms. The van der Waals surface area contributed by atoms with Crippen LogP contribution in [0.15, 0.2) is 70.1 Å². The van der Waals surface area contributed by atoms with Gasteiger partial charge < -0.3 is 9.26 Å². The quantitative estimate of drug-likeness (QED) is 0.374. The van der Waals surface area contributed by atoms with Crippen LogP contribution in [0, 0.1) is 6.92 Å². The number of sulfonamides is 1. The van der Waals surface area contributed by atoms with E-state index in [1.807, 2.05) is 30.3 Å². The molecule has 1 aliphatic rings. The molecule has 9 heteroatoms. The fourth-order valence-electron chi connectivity index (χ4n) is 4.26. The van der Waals surface area contributed by atoms with Crippen LogP contribution >= 0.6 is 0 Å². The molecule has 0 unspecified atom stereocenters. The maximum absolute atomic E-state index is 13.4. The predicted molar refractivity (Wildman–Crippen MR) is 124 cm³/mol. The highest BCUT2D eigenvalue weighted by Gasteiger charge is 2.46. The number of Topliss-reactive ketones (excluding diaryl/α,β-unsaturated/α-hetero) is 1. The molecule has 0 aliphatic carbocycles. The maximum Gasteiger partial charge on any atom is 0.317 e. The summed E-state index contributed by atoms with van der Waals surface area (Å²) in [6, 6.07) is 17.0. The van der Waals surface area contributed by atoms with E-state index in [-0.39, 0.29) is 43.2 Å². The van der Waals surface area contributed by atoms with E-state index in [2.05, 4.69) is 5.16 Å². The van der Waals surface area contributed by atoms with E-state index in [0.29, 0.717) is 17.0 Å². The normalized spacial score (nSPS) is 16.2. The van der Waals surface area contributed by atoms with E-state index in [1.54, 1.807) is 25.1 Å². The van der Waals surface area contributed by atoms with E-state index < -0.39 is 21.4 Å². The van der Waals surface area contributed by atoms with E-state index in [4.69, 9.17) is 9.26 Å². The first-order valence-electron chi connectivity index (χ1n) is 11.0. The number of hydrogen-bond acceptors (Lipinski definition) is 7. The van der Waals surface area contributed by atoms with Gasteiger partial charge in [0.05, 0.1) is 16.0 Å². The number of nitrogens with zero attached hydrogens (tertiary/aromatic N) is 2. The number of esters is 1. The van der Waals surface area contributed by atoms with Gasteiger partial charge in [-0.3, -0.25) is 9.59 Å². The van der Waals surface area contributed by atoms with Crippen LogP contribution in [0.25, 0.3) is 0 Å². The van der Waals surface area contributed by atoms with E-state index in [0.717, 1.165) is 5.56 Å². The zero-order chi connectivity index (χ0) is 24.3. The van der Waals surface area contributed by atoms with Gasteiger partial charge in [-0.1, -0.05) is 47.6 Å². The number of rotatable bonds is 7. The molecular formula is C25H26N2O6S. The van der Waals surface area contributed by atoms with Gasteiger partial charge in [-0.2, -0.15) is 4.31 Å². The molecule has 34 heavy (non-hydrogen) atoms. The molecule has 3 aromatic rings. The minimum Gasteiger partial charge on any atom is -0.457 e. The average Bonchev–Trinajstić information content (AvgIpc) is 3.28. The molecule has 0 amide bonds. The SMILES string of the molecule is CC(=O)c1cccc(S(=O)(=O)N2CCC(C(=O)OCc3cc(C)no3)(c3ccccc3)CC2)c1. The van der Waals surface area contributed by atoms with Crippen LogP contribution < -0.4 is 0 Å². The van der Waals surface area contributed by atoms with Crippen molar-refractivity contribution in [2.45, 2.75) is 43.6 Å². The Morgan fingerprint density at radius 2 is 1.76 bits per heavy atom. The number of hydrogen-bond donors (Lipinski definition) is 0. The average molecular weight is 483 g/mol. The molecule has 4 rings (SSSR count). The van der Waals surface area contributed by atoms with Gasteiger partial charge in [0.15, 0.2) is 18.2 Å². The number of carbonyl (C=O) groups excluding carboxylic acids is 2. The van der Waals surface area contributed by atoms with Gasteiger partial charge in [-0.25, -0.2) is 8.42 Å². The zero-order valence-electron chi connectivity index (χ0n) is 19.1. The third-order valence-electron chi connectivity index (χ3n) is 6.19. The lowest BCUT2D eigenvalue weighted by Crippen LogP contribution is -2.49. The molecular weight excluding hydrogens is 456 g/mol. The van der Waals surface area contributed by atoms with Gasteiger partial charge in [-0.05, 0) is 44.4 Å². The van der Waals surface area contributed by atoms with Crippen molar-refractivity contribution in [2.75, 3.05) is 13.1 Å². The smallest absolute Gasteiger partial charge is 0.317 e. The Balaban J connectivity index is 1.56. The van der Waals surface area contributed by atoms with Crippen molar-refractivity contribution >= 4 is 21.8 Å². The second kappa shape index (κ2) is 9.52. The van der Waals surface area contributed by atoms with Crippen LogP contribution in [0.3, 0.4) is 0 Å². The molecule has 2 heterocycles. The molecule has 1 saturated heterocycles. The molecule has 0 bridgehead atoms. The molecule has 2 aromatic carbocycles. The highest BCUT2D eigenvalue weighted by atomic mass is 32.2. The van der Waals surface area contributed by atoms with Crippen molar-refractivity contribution in [2.24, 2.45) is 0 Å². The van der Waals surface area contributed by atoms with Crippen LogP contribution in [0.5, 0.6) is 0 Å². The van der Waals surface area contributed by atoms with Crippen LogP contribution in [-0.2, 0) is 31.6 Å². The second-order valence-corrected chi connectivity index (χ2v) is 10.4. The predicted octanol–water partition coefficient (Wildman–Crippen LogP) is 3.65. The number of benzene rings is 2. The molecule has 0 radical (unpaired) electrons. The van der Waals surface area contributed by atoms with Gasteiger partial charge in [0.1, 0.15) is 0 Å². The molecule has 0 N–H and O–H groups in total. The van der Waals surface area contributed by atoms with Gasteiger partial charge in [0.2, 0.25) is 10.0 Å². The Kier molecular flexibility index (Phi) is 6.67. The van der Waals surface area contributed by atoms with Gasteiger partial charge in [0, 0.05) is 24.7 Å². The van der Waals surface area contributed by atoms with Crippen LogP contribution in [0.2, 0.25) is 0 Å². The first-order chi connectivity index (χ1) is 16.2. The number of ketones is 1. The van der Waals surface area contributed by atoms with Crippen molar-refractivity contribution in [3.8, 4) is 0 Å². The lowest BCUT2D eigenvalue weighted by atomic mass is 9.73. The Morgan fingerprint density at radius 1 is 1.06 bits per heavy atom. The molecule has 8 nitrogen and oxygen atoms in total. The summed E-state index contributed by atoms with van der Waals surface area (Å²) in [6.45, 7) is 3.40. The third kappa shape index (κ3) is 4.67. The first kappa shape index (κ1) is 23.8. The van der Waals surface area contributed by atoms with Crippen molar-refractivity contribution in [1.29, 1.82) is 0 Å². The second-order valence-electron chi connectivity index (χ2n) is 8.45. The van der Waals surface area contributed by atoms with E-state index >= 15 is 0 Å². The summed E-state index contributed by atoms with van der Waals surface area (Å²) in [6.07, 6.45) is 0.522. The molecule has 1 fully saturated rings. The van der Waals surface area contributed by atoms with Crippen molar-refractivity contribution in [1.82, 2.24) is 9.46 Å². The molecule has 178 valence electrons. The van der Waals surface area contributed by atoms with Crippen LogP contribution in [0.4, 0.5) is 0 Å². The lowest BCUT2D eigenvalue weighted by molar-refractivity contribution is -0.154. The fraction of sp³-hybridized carbons (Fsp3) is 0.320. The highest BCUT2D eigenvalue weighted by molar-refractivity contribution is 7.89. The van der Waals surface area contributed by atoms with Crippen LogP contribution in [-0.4, -0.2) is 42.7 Å². The summed E-state index contributed by atoms with van der Waals surface area (Å²) in [5, 5.41) is 3.80. The number of aromatic nitrogens is 1. The van der Waals surface area contributed by atoms with Crippen LogP contribution in [0.1, 0.15) is 47.1 Å². The summed E-state index contributed by atoms with van der Waals surface area (Å²) >= 11 is 0. The van der Waals surface area contributed by atoms with Gasteiger partial charge in [-0.15, -0.1) is 0 Å². The van der Waals surface area contributed by atoms with Crippen molar-refractivity contribution in [3.63, 3.8) is 0 Å². The minimum atomic E-state index is -3.82. The summed E-state index contributed by atoms with van der Waals surface area (Å²) in [7, 11) is -3.82. The van der Waals surface area contributed by atoms with E-state index in [1.165, 1.54) is 23.4 Å². The summed E-state index contributed by atoms with van der Waals surface area (Å²) in [4.78, 5) is 25.1. The maximum atomic E-state index is 13.4. The molecule has 0 saturated carbocycles. The van der Waals surface area contributed by atoms with E-state index in [9.17, 15) is 18.0 Å². The molecule has 1 aromatic heterocycles. The minimum absolute atomic E-state index is 0.0475. The largest absolute Gasteiger partial charge is 0.457 e.